The Morgan fingerprint density at radius 1 is 1.12 bits per heavy atom. The Morgan fingerprint density at radius 2 is 1.82 bits per heavy atom. The fourth-order valence-electron chi connectivity index (χ4n) is 4.17. The number of rotatable bonds is 8. The van der Waals surface area contributed by atoms with E-state index in [0.717, 1.165) is 37.2 Å². The number of carbonyl (C=O) groups excluding carboxylic acids is 1. The molecule has 0 radical (unpaired) electrons. The van der Waals surface area contributed by atoms with Crippen molar-refractivity contribution in [2.45, 2.75) is 32.0 Å². The minimum atomic E-state index is 0.0122. The van der Waals surface area contributed by atoms with E-state index in [1.807, 2.05) is 65.4 Å². The zero-order chi connectivity index (χ0) is 23.9. The van der Waals surface area contributed by atoms with Crippen molar-refractivity contribution < 1.29 is 9.53 Å². The average Bonchev–Trinajstić information content (AvgIpc) is 3.24. The van der Waals surface area contributed by atoms with Crippen LogP contribution in [-0.2, 0) is 24.9 Å². The Balaban J connectivity index is 1.21. The molecule has 0 saturated carbocycles. The number of likely N-dealkylation sites (tertiary alicyclic amines) is 1. The van der Waals surface area contributed by atoms with Crippen LogP contribution in [0.4, 0.5) is 0 Å². The van der Waals surface area contributed by atoms with Gasteiger partial charge in [0.15, 0.2) is 0 Å². The molecule has 1 aliphatic rings. The van der Waals surface area contributed by atoms with E-state index < -0.39 is 0 Å². The summed E-state index contributed by atoms with van der Waals surface area (Å²) >= 11 is 6.16. The molecule has 2 heterocycles. The standard InChI is InChI=1S/C27H31ClN4O2/c1-30(19-22-17-29-31(2)20-22)18-21-7-10-24(11-8-21)34-25-13-15-32(16-14-25)27(33)12-9-23-5-3-4-6-26(23)28/h3-12,17,20,25H,13-16,18-19H2,1-2H3/b12-9+. The summed E-state index contributed by atoms with van der Waals surface area (Å²) in [6.07, 6.45) is 9.09. The molecular weight excluding hydrogens is 448 g/mol. The lowest BCUT2D eigenvalue weighted by atomic mass is 10.1. The molecule has 1 amide bonds. The summed E-state index contributed by atoms with van der Waals surface area (Å²) in [4.78, 5) is 16.7. The second-order valence-corrected chi connectivity index (χ2v) is 9.24. The molecule has 6 nitrogen and oxygen atoms in total. The summed E-state index contributed by atoms with van der Waals surface area (Å²) in [5.41, 5.74) is 3.29. The van der Waals surface area contributed by atoms with Gasteiger partial charge in [0.1, 0.15) is 11.9 Å². The van der Waals surface area contributed by atoms with E-state index in [2.05, 4.69) is 29.2 Å². The molecule has 1 saturated heterocycles. The Labute approximate surface area is 206 Å². The molecule has 2 aromatic carbocycles. The number of nitrogens with zero attached hydrogens (tertiary/aromatic N) is 4. The van der Waals surface area contributed by atoms with E-state index in [-0.39, 0.29) is 12.0 Å². The fraction of sp³-hybridized carbons (Fsp3) is 0.333. The van der Waals surface area contributed by atoms with Crippen molar-refractivity contribution in [3.63, 3.8) is 0 Å². The third-order valence-electron chi connectivity index (χ3n) is 5.95. The van der Waals surface area contributed by atoms with Crippen LogP contribution >= 0.6 is 11.6 Å². The highest BCUT2D eigenvalue weighted by Crippen LogP contribution is 2.21. The number of amides is 1. The number of aryl methyl sites for hydroxylation is 1. The van der Waals surface area contributed by atoms with E-state index in [1.54, 1.807) is 12.2 Å². The quantitative estimate of drug-likeness (QED) is 0.437. The molecule has 4 rings (SSSR count). The number of hydrogen-bond donors (Lipinski definition) is 0. The van der Waals surface area contributed by atoms with Gasteiger partial charge in [0.05, 0.1) is 6.20 Å². The van der Waals surface area contributed by atoms with E-state index in [9.17, 15) is 4.79 Å². The first-order valence-electron chi connectivity index (χ1n) is 11.6. The summed E-state index contributed by atoms with van der Waals surface area (Å²) in [5.74, 6) is 0.889. The highest BCUT2D eigenvalue weighted by Gasteiger charge is 2.22. The Bertz CT molecular complexity index is 1120. The molecule has 1 aromatic heterocycles. The van der Waals surface area contributed by atoms with Crippen LogP contribution in [0.3, 0.4) is 0 Å². The molecule has 178 valence electrons. The number of hydrogen-bond acceptors (Lipinski definition) is 4. The van der Waals surface area contributed by atoms with Crippen molar-refractivity contribution in [2.75, 3.05) is 20.1 Å². The van der Waals surface area contributed by atoms with E-state index in [0.29, 0.717) is 18.1 Å². The lowest BCUT2D eigenvalue weighted by Crippen LogP contribution is -2.41. The molecule has 34 heavy (non-hydrogen) atoms. The zero-order valence-electron chi connectivity index (χ0n) is 19.7. The van der Waals surface area contributed by atoms with Gasteiger partial charge in [-0.25, -0.2) is 0 Å². The molecule has 1 aliphatic heterocycles. The van der Waals surface area contributed by atoms with Gasteiger partial charge in [0.25, 0.3) is 0 Å². The lowest BCUT2D eigenvalue weighted by Gasteiger charge is -2.31. The van der Waals surface area contributed by atoms with Gasteiger partial charge in [0.2, 0.25) is 5.91 Å². The minimum Gasteiger partial charge on any atom is -0.490 e. The largest absolute Gasteiger partial charge is 0.490 e. The minimum absolute atomic E-state index is 0.0122. The molecule has 3 aromatic rings. The first-order chi connectivity index (χ1) is 16.5. The molecule has 0 atom stereocenters. The van der Waals surface area contributed by atoms with Crippen LogP contribution in [-0.4, -0.2) is 51.7 Å². The van der Waals surface area contributed by atoms with Crippen LogP contribution in [0.2, 0.25) is 5.02 Å². The lowest BCUT2D eigenvalue weighted by molar-refractivity contribution is -0.127. The third kappa shape index (κ3) is 6.72. The van der Waals surface area contributed by atoms with E-state index >= 15 is 0 Å². The van der Waals surface area contributed by atoms with Crippen LogP contribution in [0.25, 0.3) is 6.08 Å². The van der Waals surface area contributed by atoms with E-state index in [4.69, 9.17) is 16.3 Å². The number of piperidine rings is 1. The van der Waals surface area contributed by atoms with Crippen molar-refractivity contribution in [2.24, 2.45) is 7.05 Å². The van der Waals surface area contributed by atoms with Crippen molar-refractivity contribution >= 4 is 23.6 Å². The summed E-state index contributed by atoms with van der Waals surface area (Å²) in [7, 11) is 4.04. The molecule has 0 aliphatic carbocycles. The number of benzene rings is 2. The SMILES string of the molecule is CN(Cc1ccc(OC2CCN(C(=O)/C=C/c3ccccc3Cl)CC2)cc1)Cc1cnn(C)c1. The van der Waals surface area contributed by atoms with Gasteiger partial charge in [-0.3, -0.25) is 14.4 Å². The van der Waals surface area contributed by atoms with Crippen LogP contribution in [0.1, 0.15) is 29.5 Å². The topological polar surface area (TPSA) is 50.6 Å². The maximum Gasteiger partial charge on any atom is 0.246 e. The monoisotopic (exact) mass is 478 g/mol. The van der Waals surface area contributed by atoms with Crippen molar-refractivity contribution in [1.82, 2.24) is 19.6 Å². The molecule has 0 unspecified atom stereocenters. The van der Waals surface area contributed by atoms with Crippen LogP contribution in [0.15, 0.2) is 67.0 Å². The first-order valence-corrected chi connectivity index (χ1v) is 12.0. The predicted molar refractivity (Wildman–Crippen MR) is 136 cm³/mol. The highest BCUT2D eigenvalue weighted by molar-refractivity contribution is 6.32. The van der Waals surface area contributed by atoms with Gasteiger partial charge in [-0.1, -0.05) is 41.9 Å². The molecule has 0 spiro atoms. The smallest absolute Gasteiger partial charge is 0.246 e. The Morgan fingerprint density at radius 3 is 2.50 bits per heavy atom. The van der Waals surface area contributed by atoms with Crippen molar-refractivity contribution in [3.05, 3.63) is 88.7 Å². The summed E-state index contributed by atoms with van der Waals surface area (Å²) in [5, 5.41) is 4.87. The van der Waals surface area contributed by atoms with Crippen molar-refractivity contribution in [1.29, 1.82) is 0 Å². The molecule has 1 fully saturated rings. The number of aromatic nitrogens is 2. The second-order valence-electron chi connectivity index (χ2n) is 8.84. The normalized spacial score (nSPS) is 14.8. The van der Waals surface area contributed by atoms with E-state index in [1.165, 1.54) is 11.1 Å². The molecule has 0 bridgehead atoms. The molecular formula is C27H31ClN4O2. The maximum atomic E-state index is 12.5. The van der Waals surface area contributed by atoms with Crippen molar-refractivity contribution in [3.8, 4) is 5.75 Å². The first kappa shape index (κ1) is 24.0. The molecule has 0 N–H and O–H groups in total. The van der Waals surface area contributed by atoms with Crippen LogP contribution in [0.5, 0.6) is 5.75 Å². The second kappa shape index (κ2) is 11.4. The van der Waals surface area contributed by atoms with Crippen LogP contribution < -0.4 is 4.74 Å². The Hall–Kier alpha value is -3.09. The number of halogens is 1. The fourth-order valence-corrected chi connectivity index (χ4v) is 4.37. The van der Waals surface area contributed by atoms with Gasteiger partial charge in [-0.05, 0) is 42.4 Å². The van der Waals surface area contributed by atoms with Gasteiger partial charge < -0.3 is 9.64 Å². The van der Waals surface area contributed by atoms with Gasteiger partial charge in [-0.2, -0.15) is 5.10 Å². The maximum absolute atomic E-state index is 12.5. The summed E-state index contributed by atoms with van der Waals surface area (Å²) in [6, 6.07) is 15.8. The summed E-state index contributed by atoms with van der Waals surface area (Å²) in [6.45, 7) is 3.09. The van der Waals surface area contributed by atoms with Crippen LogP contribution in [0, 0.1) is 0 Å². The Kier molecular flexibility index (Phi) is 8.03. The average molecular weight is 479 g/mol. The number of carbonyl (C=O) groups is 1. The highest BCUT2D eigenvalue weighted by atomic mass is 35.5. The predicted octanol–water partition coefficient (Wildman–Crippen LogP) is 4.79. The number of ether oxygens (including phenoxy) is 1. The van der Waals surface area contributed by atoms with Gasteiger partial charge >= 0.3 is 0 Å². The third-order valence-corrected chi connectivity index (χ3v) is 6.30. The van der Waals surface area contributed by atoms with Gasteiger partial charge in [-0.15, -0.1) is 0 Å². The van der Waals surface area contributed by atoms with Gasteiger partial charge in [0, 0.05) is 68.9 Å². The zero-order valence-corrected chi connectivity index (χ0v) is 20.5. The summed E-state index contributed by atoms with van der Waals surface area (Å²) < 4.78 is 8.02. The molecule has 7 heteroatoms.